The number of hydrogen-bond acceptors (Lipinski definition) is 26. The molecule has 0 saturated heterocycles. The topological polar surface area (TPSA) is 336 Å². The van der Waals surface area contributed by atoms with E-state index in [1.807, 2.05) is 161 Å². The quantitative estimate of drug-likeness (QED) is 0.0380. The molecule has 21 aromatic rings. The number of aromatic amines is 4. The van der Waals surface area contributed by atoms with Crippen molar-refractivity contribution in [2.75, 3.05) is 49.6 Å². The van der Waals surface area contributed by atoms with Crippen molar-refractivity contribution in [3.8, 4) is 5.88 Å². The third kappa shape index (κ3) is 15.7. The Kier molecular flexibility index (Phi) is 19.8. The molecule has 0 spiro atoms. The maximum atomic E-state index is 5.09. The average molecular weight is 1570 g/mol. The number of pyridine rings is 1. The molecule has 8 aromatic carbocycles. The Morgan fingerprint density at radius 2 is 0.711 bits per heavy atom. The van der Waals surface area contributed by atoms with E-state index in [1.54, 1.807) is 70.9 Å². The molecule has 21 rings (SSSR count). The van der Waals surface area contributed by atoms with Gasteiger partial charge >= 0.3 is 0 Å². The monoisotopic (exact) mass is 1570 g/mol. The van der Waals surface area contributed by atoms with Gasteiger partial charge in [0.15, 0.2) is 23.3 Å². The minimum atomic E-state index is 0.491. The summed E-state index contributed by atoms with van der Waals surface area (Å²) >= 11 is 6.47. The molecule has 0 aliphatic carbocycles. The van der Waals surface area contributed by atoms with E-state index in [9.17, 15) is 0 Å². The SMILES string of the molecule is CCc1ccc(Nc2nc(Nc3ccc4[nH]ncc4c3)c3sccc3n2)cc1.COc1ccc(Nc2nc(Nc3ccc4[nH]ncc4c3)c3sccc3n2)cn1.Cc1cccc(Nc2nc(Nc3ccc4[nH]ncc4c3)c3sccc3n2)c1C.c1ccc2c(Nc3nc(Nc4ccc5[nH]ncc5c4)c4sccc4n3)cccc2c1. The van der Waals surface area contributed by atoms with Crippen molar-refractivity contribution in [1.29, 1.82) is 0 Å². The van der Waals surface area contributed by atoms with E-state index in [1.165, 1.54) is 22.1 Å². The molecule has 13 aromatic heterocycles. The number of aromatic nitrogens is 17. The maximum Gasteiger partial charge on any atom is 0.229 e. The molecule has 0 saturated carbocycles. The van der Waals surface area contributed by atoms with Gasteiger partial charge < -0.3 is 47.3 Å². The van der Waals surface area contributed by atoms with Crippen molar-refractivity contribution in [3.05, 3.63) is 263 Å². The van der Waals surface area contributed by atoms with E-state index in [4.69, 9.17) is 24.7 Å². The molecule has 0 radical (unpaired) electrons. The number of benzene rings is 8. The van der Waals surface area contributed by atoms with E-state index in [2.05, 4.69) is 196 Å². The van der Waals surface area contributed by atoms with Crippen molar-refractivity contribution in [3.63, 3.8) is 0 Å². The molecule has 0 fully saturated rings. The van der Waals surface area contributed by atoms with Crippen LogP contribution in [0.15, 0.2) is 247 Å². The molecule has 0 aliphatic heterocycles. The number of rotatable bonds is 18. The highest BCUT2D eigenvalue weighted by Crippen LogP contribution is 2.38. The lowest BCUT2D eigenvalue weighted by molar-refractivity contribution is 0.398. The zero-order valence-electron chi connectivity index (χ0n) is 61.2. The van der Waals surface area contributed by atoms with Crippen LogP contribution in [0.4, 0.5) is 92.6 Å². The van der Waals surface area contributed by atoms with Crippen molar-refractivity contribution >= 4 is 233 Å². The highest BCUT2D eigenvalue weighted by Gasteiger charge is 2.18. The van der Waals surface area contributed by atoms with Gasteiger partial charge in [-0.1, -0.05) is 67.6 Å². The first-order chi connectivity index (χ1) is 56.1. The van der Waals surface area contributed by atoms with Gasteiger partial charge in [-0.15, -0.1) is 45.3 Å². The van der Waals surface area contributed by atoms with Gasteiger partial charge in [0.05, 0.1) is 107 Å². The van der Waals surface area contributed by atoms with Crippen LogP contribution in [0.1, 0.15) is 23.6 Å². The Balaban J connectivity index is 0.000000106. The maximum absolute atomic E-state index is 5.09. The van der Waals surface area contributed by atoms with Crippen LogP contribution in [0.3, 0.4) is 0 Å². The molecular weight excluding hydrogens is 1500 g/mol. The summed E-state index contributed by atoms with van der Waals surface area (Å²) in [6, 6.07) is 64.9. The predicted octanol–water partition coefficient (Wildman–Crippen LogP) is 22.0. The minimum Gasteiger partial charge on any atom is -0.481 e. The Morgan fingerprint density at radius 3 is 1.13 bits per heavy atom. The molecule has 12 N–H and O–H groups in total. The summed E-state index contributed by atoms with van der Waals surface area (Å²) in [6.45, 7) is 6.34. The molecule has 0 amide bonds. The molecule has 0 atom stereocenters. The van der Waals surface area contributed by atoms with Crippen LogP contribution in [0.2, 0.25) is 0 Å². The van der Waals surface area contributed by atoms with Crippen molar-refractivity contribution in [2.45, 2.75) is 27.2 Å². The van der Waals surface area contributed by atoms with Gasteiger partial charge in [0.2, 0.25) is 29.7 Å². The zero-order chi connectivity index (χ0) is 76.9. The predicted molar refractivity (Wildman–Crippen MR) is 467 cm³/mol. The second kappa shape index (κ2) is 31.8. The lowest BCUT2D eigenvalue weighted by Crippen LogP contribution is -2.02. The van der Waals surface area contributed by atoms with Crippen LogP contribution in [0.5, 0.6) is 5.88 Å². The molecule has 0 bridgehead atoms. The molecule has 26 nitrogen and oxygen atoms in total. The first-order valence-electron chi connectivity index (χ1n) is 36.1. The number of hydrogen-bond donors (Lipinski definition) is 12. The highest BCUT2D eigenvalue weighted by atomic mass is 32.1. The van der Waals surface area contributed by atoms with Crippen LogP contribution in [-0.4, -0.2) is 92.8 Å². The molecule has 13 heterocycles. The number of thiophene rings is 4. The number of ether oxygens (including phenoxy) is 1. The molecule has 30 heteroatoms. The largest absolute Gasteiger partial charge is 0.481 e. The summed E-state index contributed by atoms with van der Waals surface area (Å²) in [7, 11) is 1.59. The smallest absolute Gasteiger partial charge is 0.229 e. The summed E-state index contributed by atoms with van der Waals surface area (Å²) in [4.78, 5) is 41.8. The van der Waals surface area contributed by atoms with Crippen molar-refractivity contribution in [2.24, 2.45) is 0 Å². The van der Waals surface area contributed by atoms with E-state index >= 15 is 0 Å². The molecule has 0 unspecified atom stereocenters. The number of aryl methyl sites for hydroxylation is 2. The number of nitrogens with one attached hydrogen (secondary N) is 12. The van der Waals surface area contributed by atoms with Crippen LogP contribution in [-0.2, 0) is 6.42 Å². The average Bonchev–Trinajstić information content (AvgIpc) is 1.73. The fourth-order valence-corrected chi connectivity index (χ4v) is 15.9. The van der Waals surface area contributed by atoms with E-state index in [-0.39, 0.29) is 0 Å². The van der Waals surface area contributed by atoms with E-state index in [0.717, 1.165) is 165 Å². The third-order valence-corrected chi connectivity index (χ3v) is 22.4. The second-order valence-electron chi connectivity index (χ2n) is 26.2. The molecule has 0 aliphatic rings. The van der Waals surface area contributed by atoms with Crippen LogP contribution in [0.25, 0.3) is 95.3 Å². The van der Waals surface area contributed by atoms with Crippen LogP contribution >= 0.6 is 45.3 Å². The number of anilines is 16. The summed E-state index contributed by atoms with van der Waals surface area (Å²) in [5.41, 5.74) is 18.9. The number of methoxy groups -OCH3 is 1. The first-order valence-corrected chi connectivity index (χ1v) is 39.6. The van der Waals surface area contributed by atoms with Gasteiger partial charge in [-0.3, -0.25) is 20.4 Å². The van der Waals surface area contributed by atoms with Gasteiger partial charge in [0, 0.05) is 72.8 Å². The van der Waals surface area contributed by atoms with Crippen LogP contribution in [0, 0.1) is 13.8 Å². The number of fused-ring (bicyclic) bond motifs is 9. The molecular formula is C84H67N25OS4. The van der Waals surface area contributed by atoms with E-state index in [0.29, 0.717) is 29.7 Å². The second-order valence-corrected chi connectivity index (χ2v) is 29.9. The Hall–Kier alpha value is -14.6. The number of nitrogens with zero attached hydrogens (tertiary/aromatic N) is 13. The van der Waals surface area contributed by atoms with Crippen molar-refractivity contribution in [1.82, 2.24) is 85.6 Å². The van der Waals surface area contributed by atoms with Gasteiger partial charge in [-0.25, -0.2) is 24.9 Å². The summed E-state index contributed by atoms with van der Waals surface area (Å²) in [6.07, 6.45) is 9.94. The summed E-state index contributed by atoms with van der Waals surface area (Å²) in [5.74, 6) is 5.85. The molecule has 558 valence electrons. The molecule has 114 heavy (non-hydrogen) atoms. The fourth-order valence-electron chi connectivity index (χ4n) is 12.8. The van der Waals surface area contributed by atoms with Crippen LogP contribution < -0.4 is 47.3 Å². The zero-order valence-corrected chi connectivity index (χ0v) is 64.5. The lowest BCUT2D eigenvalue weighted by atomic mass is 10.1. The van der Waals surface area contributed by atoms with Gasteiger partial charge in [-0.2, -0.15) is 40.3 Å². The highest BCUT2D eigenvalue weighted by molar-refractivity contribution is 7.18. The Bertz CT molecular complexity index is 6800. The van der Waals surface area contributed by atoms with Gasteiger partial charge in [0.1, 0.15) is 0 Å². The van der Waals surface area contributed by atoms with Crippen molar-refractivity contribution < 1.29 is 4.74 Å². The Labute approximate surface area is 665 Å². The standard InChI is InChI=1S/C23H16N6S.2C21H18N6S.C19H15N7OS/c1-2-6-17-14(4-1)5-3-7-19(17)26-23-27-20-10-11-30-21(20)22(28-23)25-16-8-9-18-15(12-16)13-24-29-18;1-12-4-3-5-16(13(12)2)24-21-25-18-8-9-28-19(18)20(26-21)23-15-6-7-17-14(10-15)11-22-27-17;1-2-13-3-5-15(6-4-13)24-21-25-18-9-10-28-19(18)20(26-21)23-16-7-8-17-14(11-16)12-22-27-17;1-27-16-5-3-13(10-20-16)23-19-24-15-6-7-28-17(15)18(25-19)22-12-2-4-14-11(8-12)9-21-26-14/h1-13H,(H,24,29)(H2,25,26,27,28);3-11H,1-2H3,(H,22,27)(H2,23,24,25,26);3-12H,2H2,1H3,(H,22,27)(H2,23,24,25,26);2-10H,1H3,(H,21,26)(H2,22,23,24,25). The minimum absolute atomic E-state index is 0.491. The first kappa shape index (κ1) is 71.0. The van der Waals surface area contributed by atoms with E-state index < -0.39 is 0 Å². The lowest BCUT2D eigenvalue weighted by Gasteiger charge is -2.12. The van der Waals surface area contributed by atoms with Gasteiger partial charge in [-0.05, 0) is 191 Å². The normalized spacial score (nSPS) is 11.2. The number of H-pyrrole nitrogens is 4. The summed E-state index contributed by atoms with van der Waals surface area (Å²) in [5, 5.41) is 69.8. The van der Waals surface area contributed by atoms with Gasteiger partial charge in [0.25, 0.3) is 0 Å². The fraction of sp³-hybridized carbons (Fsp3) is 0.0595. The Morgan fingerprint density at radius 1 is 0.333 bits per heavy atom. The third-order valence-electron chi connectivity index (χ3n) is 18.7. The summed E-state index contributed by atoms with van der Waals surface area (Å²) < 4.78 is 9.16.